The summed E-state index contributed by atoms with van der Waals surface area (Å²) in [4.78, 5) is 0. The highest BCUT2D eigenvalue weighted by atomic mass is 16.3. The SMILES string of the molecule is CNC(Cc1ccn(C2CCCCC2)n1)c1ccoc1. The highest BCUT2D eigenvalue weighted by molar-refractivity contribution is 5.15. The molecule has 0 bridgehead atoms. The van der Waals surface area contributed by atoms with Gasteiger partial charge in [0.05, 0.1) is 24.3 Å². The zero-order valence-corrected chi connectivity index (χ0v) is 12.1. The van der Waals surface area contributed by atoms with Crippen LogP contribution in [0.25, 0.3) is 0 Å². The van der Waals surface area contributed by atoms with E-state index in [9.17, 15) is 0 Å². The fourth-order valence-electron chi connectivity index (χ4n) is 3.10. The van der Waals surface area contributed by atoms with Gasteiger partial charge in [0, 0.05) is 24.2 Å². The lowest BCUT2D eigenvalue weighted by Crippen LogP contribution is -2.19. The van der Waals surface area contributed by atoms with Crippen LogP contribution in [0.15, 0.2) is 35.3 Å². The molecule has 1 fully saturated rings. The first kappa shape index (κ1) is 13.4. The monoisotopic (exact) mass is 273 g/mol. The predicted octanol–water partition coefficient (Wildman–Crippen LogP) is 3.48. The minimum Gasteiger partial charge on any atom is -0.472 e. The molecule has 1 aliphatic rings. The molecular weight excluding hydrogens is 250 g/mol. The number of aromatic nitrogens is 2. The van der Waals surface area contributed by atoms with Crippen molar-refractivity contribution in [1.82, 2.24) is 15.1 Å². The molecule has 0 amide bonds. The van der Waals surface area contributed by atoms with E-state index in [0.717, 1.165) is 12.1 Å². The maximum atomic E-state index is 5.17. The van der Waals surface area contributed by atoms with Gasteiger partial charge in [0.15, 0.2) is 0 Å². The van der Waals surface area contributed by atoms with Gasteiger partial charge in [-0.2, -0.15) is 5.10 Å². The van der Waals surface area contributed by atoms with Gasteiger partial charge in [-0.3, -0.25) is 4.68 Å². The first-order valence-electron chi connectivity index (χ1n) is 7.60. The number of hydrogen-bond donors (Lipinski definition) is 1. The Morgan fingerprint density at radius 2 is 2.20 bits per heavy atom. The summed E-state index contributed by atoms with van der Waals surface area (Å²) in [6.45, 7) is 0. The number of rotatable bonds is 5. The summed E-state index contributed by atoms with van der Waals surface area (Å²) in [6, 6.07) is 5.04. The van der Waals surface area contributed by atoms with Gasteiger partial charge >= 0.3 is 0 Å². The Morgan fingerprint density at radius 1 is 1.35 bits per heavy atom. The van der Waals surface area contributed by atoms with Crippen molar-refractivity contribution in [3.63, 3.8) is 0 Å². The summed E-state index contributed by atoms with van der Waals surface area (Å²) >= 11 is 0. The molecule has 2 aromatic heterocycles. The molecule has 108 valence electrons. The quantitative estimate of drug-likeness (QED) is 0.907. The highest BCUT2D eigenvalue weighted by Gasteiger charge is 2.17. The first-order valence-corrected chi connectivity index (χ1v) is 7.60. The third-order valence-corrected chi connectivity index (χ3v) is 4.32. The molecule has 4 nitrogen and oxygen atoms in total. The lowest BCUT2D eigenvalue weighted by Gasteiger charge is -2.22. The summed E-state index contributed by atoms with van der Waals surface area (Å²) in [6.07, 6.45) is 13.2. The van der Waals surface area contributed by atoms with E-state index >= 15 is 0 Å². The van der Waals surface area contributed by atoms with E-state index < -0.39 is 0 Å². The van der Waals surface area contributed by atoms with Crippen molar-refractivity contribution >= 4 is 0 Å². The van der Waals surface area contributed by atoms with E-state index in [2.05, 4.69) is 22.3 Å². The maximum absolute atomic E-state index is 5.17. The standard InChI is InChI=1S/C16H23N3O/c1-17-16(13-8-10-20-12-13)11-14-7-9-19(18-14)15-5-3-2-4-6-15/h7-10,12,15-17H,2-6,11H2,1H3. The first-order chi connectivity index (χ1) is 9.86. The van der Waals surface area contributed by atoms with E-state index in [1.54, 1.807) is 12.5 Å². The normalized spacial score (nSPS) is 18.2. The third-order valence-electron chi connectivity index (χ3n) is 4.32. The molecule has 1 saturated carbocycles. The molecule has 2 aromatic rings. The van der Waals surface area contributed by atoms with Crippen LogP contribution in [0, 0.1) is 0 Å². The molecule has 1 unspecified atom stereocenters. The Bertz CT molecular complexity index is 512. The summed E-state index contributed by atoms with van der Waals surface area (Å²) in [5, 5.41) is 8.11. The summed E-state index contributed by atoms with van der Waals surface area (Å²) in [5.41, 5.74) is 2.33. The second-order valence-corrected chi connectivity index (χ2v) is 5.68. The van der Waals surface area contributed by atoms with Crippen LogP contribution in [0.2, 0.25) is 0 Å². The Hall–Kier alpha value is -1.55. The molecule has 0 aliphatic heterocycles. The lowest BCUT2D eigenvalue weighted by molar-refractivity contribution is 0.327. The smallest absolute Gasteiger partial charge is 0.0950 e. The van der Waals surface area contributed by atoms with E-state index in [4.69, 9.17) is 9.52 Å². The second kappa shape index (κ2) is 6.27. The Morgan fingerprint density at radius 3 is 2.90 bits per heavy atom. The largest absolute Gasteiger partial charge is 0.472 e. The molecular formula is C16H23N3O. The Balaban J connectivity index is 1.67. The van der Waals surface area contributed by atoms with Gasteiger partial charge in [0.2, 0.25) is 0 Å². The predicted molar refractivity (Wildman–Crippen MR) is 78.6 cm³/mol. The van der Waals surface area contributed by atoms with Crippen molar-refractivity contribution in [3.8, 4) is 0 Å². The van der Waals surface area contributed by atoms with Crippen LogP contribution in [0.3, 0.4) is 0 Å². The van der Waals surface area contributed by atoms with Gasteiger partial charge in [0.25, 0.3) is 0 Å². The highest BCUT2D eigenvalue weighted by Crippen LogP contribution is 2.28. The average Bonchev–Trinajstić information content (AvgIpc) is 3.17. The number of furan rings is 1. The summed E-state index contributed by atoms with van der Waals surface area (Å²) in [5.74, 6) is 0. The minimum atomic E-state index is 0.267. The van der Waals surface area contributed by atoms with Gasteiger partial charge in [0.1, 0.15) is 0 Å². The van der Waals surface area contributed by atoms with Crippen LogP contribution in [0.1, 0.15) is 55.4 Å². The topological polar surface area (TPSA) is 43.0 Å². The van der Waals surface area contributed by atoms with Gasteiger partial charge in [-0.25, -0.2) is 0 Å². The zero-order valence-electron chi connectivity index (χ0n) is 12.1. The molecule has 2 heterocycles. The van der Waals surface area contributed by atoms with Crippen molar-refractivity contribution in [1.29, 1.82) is 0 Å². The number of hydrogen-bond acceptors (Lipinski definition) is 3. The minimum absolute atomic E-state index is 0.267. The van der Waals surface area contributed by atoms with Crippen LogP contribution >= 0.6 is 0 Å². The fraction of sp³-hybridized carbons (Fsp3) is 0.562. The molecule has 4 heteroatoms. The van der Waals surface area contributed by atoms with Gasteiger partial charge < -0.3 is 9.73 Å². The van der Waals surface area contributed by atoms with Crippen molar-refractivity contribution in [2.75, 3.05) is 7.05 Å². The molecule has 3 rings (SSSR count). The molecule has 1 aliphatic carbocycles. The van der Waals surface area contributed by atoms with Gasteiger partial charge in [-0.15, -0.1) is 0 Å². The molecule has 1 N–H and O–H groups in total. The van der Waals surface area contributed by atoms with Crippen LogP contribution in [-0.4, -0.2) is 16.8 Å². The molecule has 0 aromatic carbocycles. The van der Waals surface area contributed by atoms with Crippen molar-refractivity contribution in [2.24, 2.45) is 0 Å². The van der Waals surface area contributed by atoms with E-state index in [1.165, 1.54) is 37.7 Å². The van der Waals surface area contributed by atoms with Crippen LogP contribution < -0.4 is 5.32 Å². The molecule has 0 spiro atoms. The fourth-order valence-corrected chi connectivity index (χ4v) is 3.10. The number of likely N-dealkylation sites (N-methyl/N-ethyl adjacent to an activating group) is 1. The van der Waals surface area contributed by atoms with Crippen molar-refractivity contribution in [2.45, 2.75) is 50.6 Å². The van der Waals surface area contributed by atoms with Crippen molar-refractivity contribution in [3.05, 3.63) is 42.1 Å². The number of nitrogens with one attached hydrogen (secondary N) is 1. The molecule has 0 saturated heterocycles. The van der Waals surface area contributed by atoms with E-state index in [0.29, 0.717) is 6.04 Å². The molecule has 0 radical (unpaired) electrons. The van der Waals surface area contributed by atoms with Gasteiger partial charge in [-0.1, -0.05) is 19.3 Å². The van der Waals surface area contributed by atoms with Crippen LogP contribution in [0.4, 0.5) is 0 Å². The molecule has 20 heavy (non-hydrogen) atoms. The van der Waals surface area contributed by atoms with E-state index in [-0.39, 0.29) is 6.04 Å². The van der Waals surface area contributed by atoms with Gasteiger partial charge in [-0.05, 0) is 32.0 Å². The summed E-state index contributed by atoms with van der Waals surface area (Å²) in [7, 11) is 1.98. The average molecular weight is 273 g/mol. The zero-order chi connectivity index (χ0) is 13.8. The Kier molecular flexibility index (Phi) is 4.21. The van der Waals surface area contributed by atoms with E-state index in [1.807, 2.05) is 13.1 Å². The van der Waals surface area contributed by atoms with Crippen LogP contribution in [-0.2, 0) is 6.42 Å². The Labute approximate surface area is 120 Å². The van der Waals surface area contributed by atoms with Crippen LogP contribution in [0.5, 0.6) is 0 Å². The second-order valence-electron chi connectivity index (χ2n) is 5.68. The third kappa shape index (κ3) is 2.96. The maximum Gasteiger partial charge on any atom is 0.0950 e. The number of nitrogens with zero attached hydrogens (tertiary/aromatic N) is 2. The van der Waals surface area contributed by atoms with Crippen molar-refractivity contribution < 1.29 is 4.42 Å². The lowest BCUT2D eigenvalue weighted by atomic mass is 9.96. The molecule has 1 atom stereocenters. The summed E-state index contributed by atoms with van der Waals surface area (Å²) < 4.78 is 7.35.